The van der Waals surface area contributed by atoms with E-state index in [-0.39, 0.29) is 23.2 Å². The highest BCUT2D eigenvalue weighted by atomic mass is 16.3. The van der Waals surface area contributed by atoms with Gasteiger partial charge in [0.25, 0.3) is 0 Å². The Kier molecular flexibility index (Phi) is 3.80. The maximum absolute atomic E-state index is 12.4. The Balaban J connectivity index is 1.94. The molecule has 0 amide bonds. The second-order valence-corrected chi connectivity index (χ2v) is 6.92. The Morgan fingerprint density at radius 3 is 2.70 bits per heavy atom. The lowest BCUT2D eigenvalue weighted by Crippen LogP contribution is -2.15. The van der Waals surface area contributed by atoms with Crippen molar-refractivity contribution in [3.63, 3.8) is 0 Å². The molecule has 2 heterocycles. The van der Waals surface area contributed by atoms with Gasteiger partial charge in [-0.15, -0.1) is 5.75 Å². The van der Waals surface area contributed by atoms with Gasteiger partial charge in [0.05, 0.1) is 11.3 Å². The molecule has 0 aliphatic heterocycles. The highest BCUT2D eigenvalue weighted by Crippen LogP contribution is 2.36. The highest BCUT2D eigenvalue weighted by molar-refractivity contribution is 5.82. The fourth-order valence-electron chi connectivity index (χ4n) is 3.34. The zero-order valence-electron chi connectivity index (χ0n) is 15.2. The minimum absolute atomic E-state index is 0.0170. The number of fused-ring (bicyclic) bond motifs is 1. The predicted molar refractivity (Wildman–Crippen MR) is 101 cm³/mol. The Labute approximate surface area is 155 Å². The molecule has 0 atom stereocenters. The van der Waals surface area contributed by atoms with Gasteiger partial charge >= 0.3 is 5.69 Å². The Bertz CT molecular complexity index is 1210. The van der Waals surface area contributed by atoms with E-state index in [4.69, 9.17) is 0 Å². The molecule has 4 rings (SSSR count). The van der Waals surface area contributed by atoms with Gasteiger partial charge in [0.1, 0.15) is 5.75 Å². The Hall–Kier alpha value is -3.48. The average molecular weight is 363 g/mol. The minimum atomic E-state index is -0.419. The van der Waals surface area contributed by atoms with Crippen LogP contribution in [0, 0.1) is 0 Å². The molecule has 2 aromatic carbocycles. The first-order chi connectivity index (χ1) is 12.9. The van der Waals surface area contributed by atoms with E-state index in [9.17, 15) is 15.0 Å². The number of aromatic hydroxyl groups is 1. The molecule has 27 heavy (non-hydrogen) atoms. The zero-order chi connectivity index (χ0) is 19.3. The second kappa shape index (κ2) is 6.05. The summed E-state index contributed by atoms with van der Waals surface area (Å²) in [6.45, 7) is 3.80. The molecule has 0 unspecified atom stereocenters. The fourth-order valence-corrected chi connectivity index (χ4v) is 3.34. The average Bonchev–Trinajstić information content (AvgIpc) is 3.17. The molecule has 7 nitrogen and oxygen atoms in total. The lowest BCUT2D eigenvalue weighted by atomic mass is 9.98. The van der Waals surface area contributed by atoms with E-state index >= 15 is 0 Å². The summed E-state index contributed by atoms with van der Waals surface area (Å²) in [7, 11) is 1.95. The number of aryl methyl sites for hydroxylation is 1. The molecule has 2 aromatic heterocycles. The van der Waals surface area contributed by atoms with Gasteiger partial charge in [-0.2, -0.15) is 5.10 Å². The van der Waals surface area contributed by atoms with Crippen molar-refractivity contribution in [3.05, 3.63) is 58.6 Å². The van der Waals surface area contributed by atoms with Crippen molar-refractivity contribution in [2.45, 2.75) is 19.8 Å². The summed E-state index contributed by atoms with van der Waals surface area (Å²) >= 11 is 0. The third-order valence-electron chi connectivity index (χ3n) is 4.79. The molecule has 0 bridgehead atoms. The maximum Gasteiger partial charge on any atom is 0.348 e. The van der Waals surface area contributed by atoms with Crippen LogP contribution in [0.2, 0.25) is 0 Å². The molecule has 2 N–H and O–H groups in total. The van der Waals surface area contributed by atoms with Gasteiger partial charge in [0.15, 0.2) is 5.82 Å². The summed E-state index contributed by atoms with van der Waals surface area (Å²) in [6, 6.07) is 10.4. The van der Waals surface area contributed by atoms with Crippen LogP contribution in [0.15, 0.2) is 47.4 Å². The number of aromatic nitrogens is 4. The maximum atomic E-state index is 12.4. The summed E-state index contributed by atoms with van der Waals surface area (Å²) in [5.41, 5.74) is 2.14. The molecule has 0 aliphatic rings. The molecular weight excluding hydrogens is 344 g/mol. The van der Waals surface area contributed by atoms with Crippen LogP contribution < -0.4 is 10.8 Å². The van der Waals surface area contributed by atoms with Crippen molar-refractivity contribution in [1.82, 2.24) is 19.3 Å². The first-order valence-corrected chi connectivity index (χ1v) is 8.64. The lowest BCUT2D eigenvalue weighted by molar-refractivity contribution is -0.269. The number of hydrogen-bond acceptors (Lipinski definition) is 4. The van der Waals surface area contributed by atoms with Crippen molar-refractivity contribution < 1.29 is 10.2 Å². The summed E-state index contributed by atoms with van der Waals surface area (Å²) in [6.07, 6.45) is 1.95. The molecule has 138 valence electrons. The van der Waals surface area contributed by atoms with E-state index in [1.165, 1.54) is 10.6 Å². The summed E-state index contributed by atoms with van der Waals surface area (Å²) in [4.78, 5) is 12.4. The van der Waals surface area contributed by atoms with E-state index < -0.39 is 5.69 Å². The van der Waals surface area contributed by atoms with Crippen LogP contribution in [0.25, 0.3) is 28.0 Å². The molecule has 0 saturated carbocycles. The van der Waals surface area contributed by atoms with Gasteiger partial charge in [-0.3, -0.25) is 0 Å². The summed E-state index contributed by atoms with van der Waals surface area (Å²) in [5, 5.41) is 30.0. The van der Waals surface area contributed by atoms with Crippen molar-refractivity contribution >= 4 is 10.9 Å². The van der Waals surface area contributed by atoms with Crippen molar-refractivity contribution in [2.75, 3.05) is 0 Å². The SMILES string of the molecule is CC(C)c1cc(-c2n[nH]c(=O)n2-c2ccc3c(ccn3C)c2)c(O)cc1[O-]. The van der Waals surface area contributed by atoms with Crippen LogP contribution in [-0.4, -0.2) is 24.4 Å². The molecule has 0 radical (unpaired) electrons. The summed E-state index contributed by atoms with van der Waals surface area (Å²) in [5.74, 6) is -0.196. The van der Waals surface area contributed by atoms with Crippen molar-refractivity contribution in [1.29, 1.82) is 0 Å². The fraction of sp³-hybridized carbons (Fsp3) is 0.200. The molecule has 0 fully saturated rings. The van der Waals surface area contributed by atoms with Crippen LogP contribution in [0.1, 0.15) is 25.3 Å². The first kappa shape index (κ1) is 17.0. The van der Waals surface area contributed by atoms with Gasteiger partial charge in [-0.25, -0.2) is 14.5 Å². The second-order valence-electron chi connectivity index (χ2n) is 6.92. The highest BCUT2D eigenvalue weighted by Gasteiger charge is 2.18. The number of nitrogens with one attached hydrogen (secondary N) is 1. The van der Waals surface area contributed by atoms with E-state index in [2.05, 4.69) is 10.2 Å². The minimum Gasteiger partial charge on any atom is -0.872 e. The lowest BCUT2D eigenvalue weighted by Gasteiger charge is -2.19. The van der Waals surface area contributed by atoms with Gasteiger partial charge in [-0.05, 0) is 42.3 Å². The van der Waals surface area contributed by atoms with Crippen LogP contribution in [-0.2, 0) is 7.05 Å². The number of hydrogen-bond donors (Lipinski definition) is 2. The predicted octanol–water partition coefficient (Wildman–Crippen LogP) is 2.62. The molecule has 0 aliphatic carbocycles. The molecule has 0 saturated heterocycles. The Morgan fingerprint density at radius 1 is 1.19 bits per heavy atom. The third kappa shape index (κ3) is 2.68. The van der Waals surface area contributed by atoms with Gasteiger partial charge < -0.3 is 14.8 Å². The normalized spacial score (nSPS) is 11.6. The van der Waals surface area contributed by atoms with E-state index in [0.29, 0.717) is 16.8 Å². The van der Waals surface area contributed by atoms with Crippen LogP contribution >= 0.6 is 0 Å². The standard InChI is InChI=1S/C20H20N4O3/c1-11(2)14-9-15(18(26)10-17(14)25)19-21-22-20(27)24(19)13-4-5-16-12(8-13)6-7-23(16)3/h4-11,25-26H,1-3H3,(H,22,27)/p-1. The van der Waals surface area contributed by atoms with Crippen LogP contribution in [0.4, 0.5) is 0 Å². The number of nitrogens with zero attached hydrogens (tertiary/aromatic N) is 3. The van der Waals surface area contributed by atoms with Gasteiger partial charge in [0.2, 0.25) is 0 Å². The molecule has 0 spiro atoms. The topological polar surface area (TPSA) is 98.9 Å². The number of phenols is 1. The molecular formula is C20H19N4O3-. The smallest absolute Gasteiger partial charge is 0.348 e. The summed E-state index contributed by atoms with van der Waals surface area (Å²) < 4.78 is 3.39. The molecule has 7 heteroatoms. The number of benzene rings is 2. The van der Waals surface area contributed by atoms with E-state index in [1.54, 1.807) is 6.07 Å². The largest absolute Gasteiger partial charge is 0.872 e. The number of aromatic amines is 1. The third-order valence-corrected chi connectivity index (χ3v) is 4.79. The van der Waals surface area contributed by atoms with Crippen LogP contribution in [0.5, 0.6) is 11.5 Å². The zero-order valence-corrected chi connectivity index (χ0v) is 15.2. The van der Waals surface area contributed by atoms with Crippen LogP contribution in [0.3, 0.4) is 0 Å². The first-order valence-electron chi connectivity index (χ1n) is 8.64. The number of phenolic OH excluding ortho intramolecular Hbond substituents is 1. The van der Waals surface area contributed by atoms with Gasteiger partial charge in [0, 0.05) is 24.1 Å². The quantitative estimate of drug-likeness (QED) is 0.584. The van der Waals surface area contributed by atoms with Crippen molar-refractivity contribution in [2.24, 2.45) is 7.05 Å². The molecule has 4 aromatic rings. The Morgan fingerprint density at radius 2 is 1.96 bits per heavy atom. The van der Waals surface area contributed by atoms with E-state index in [1.807, 2.05) is 55.9 Å². The number of rotatable bonds is 3. The van der Waals surface area contributed by atoms with Gasteiger partial charge in [-0.1, -0.05) is 19.4 Å². The number of H-pyrrole nitrogens is 1. The van der Waals surface area contributed by atoms with Crippen molar-refractivity contribution in [3.8, 4) is 28.6 Å². The van der Waals surface area contributed by atoms with E-state index in [0.717, 1.165) is 10.9 Å². The monoisotopic (exact) mass is 363 g/mol.